The Morgan fingerprint density at radius 1 is 0.931 bits per heavy atom. The van der Waals surface area contributed by atoms with E-state index in [2.05, 4.69) is 25.3 Å². The lowest BCUT2D eigenvalue weighted by molar-refractivity contribution is 0.355. The third-order valence-electron chi connectivity index (χ3n) is 4.41. The second-order valence-electron chi connectivity index (χ2n) is 6.27. The van der Waals surface area contributed by atoms with Crippen LogP contribution in [0, 0.1) is 0 Å². The van der Waals surface area contributed by atoms with Crippen LogP contribution < -0.4 is 20.5 Å². The Kier molecular flexibility index (Phi) is 5.07. The summed E-state index contributed by atoms with van der Waals surface area (Å²) in [5.41, 5.74) is 9.46. The number of hydrogen-bond donors (Lipinski definition) is 2. The summed E-state index contributed by atoms with van der Waals surface area (Å²) >= 11 is 0. The molecule has 8 heteroatoms. The number of nitrogens with zero attached hydrogens (tertiary/aromatic N) is 4. The predicted octanol–water partition coefficient (Wildman–Crippen LogP) is 3.30. The van der Waals surface area contributed by atoms with Crippen LogP contribution in [0.25, 0.3) is 22.4 Å². The Balaban J connectivity index is 1.69. The average Bonchev–Trinajstić information content (AvgIpc) is 2.77. The molecule has 0 saturated heterocycles. The second kappa shape index (κ2) is 7.97. The highest BCUT2D eigenvalue weighted by Crippen LogP contribution is 2.32. The number of nitrogen functional groups attached to an aromatic ring is 1. The van der Waals surface area contributed by atoms with Crippen LogP contribution in [0.1, 0.15) is 5.56 Å². The van der Waals surface area contributed by atoms with E-state index in [0.29, 0.717) is 40.7 Å². The fourth-order valence-electron chi connectivity index (χ4n) is 2.96. The van der Waals surface area contributed by atoms with E-state index in [1.54, 1.807) is 20.4 Å². The van der Waals surface area contributed by atoms with E-state index in [9.17, 15) is 0 Å². The molecule has 3 N–H and O–H groups in total. The van der Waals surface area contributed by atoms with Crippen molar-refractivity contribution in [3.05, 3.63) is 60.3 Å². The number of fused-ring (bicyclic) bond motifs is 1. The van der Waals surface area contributed by atoms with E-state index >= 15 is 0 Å². The minimum atomic E-state index is 0.131. The molecular formula is C21H20N6O2. The fourth-order valence-corrected chi connectivity index (χ4v) is 2.96. The zero-order chi connectivity index (χ0) is 20.2. The molecule has 0 bridgehead atoms. The van der Waals surface area contributed by atoms with Crippen LogP contribution in [-0.4, -0.2) is 34.2 Å². The van der Waals surface area contributed by atoms with Crippen molar-refractivity contribution in [3.8, 4) is 22.8 Å². The highest BCUT2D eigenvalue weighted by molar-refractivity contribution is 5.84. The van der Waals surface area contributed by atoms with Crippen LogP contribution in [0.15, 0.2) is 54.7 Å². The summed E-state index contributed by atoms with van der Waals surface area (Å²) in [7, 11) is 3.18. The molecule has 146 valence electrons. The molecule has 2 aromatic carbocycles. The first-order valence-corrected chi connectivity index (χ1v) is 8.98. The molecule has 0 aliphatic rings. The Bertz CT molecular complexity index is 1150. The maximum Gasteiger partial charge on any atom is 0.224 e. The minimum absolute atomic E-state index is 0.131. The number of nitrogens with one attached hydrogen (secondary N) is 1. The Labute approximate surface area is 167 Å². The molecule has 2 heterocycles. The third kappa shape index (κ3) is 3.86. The lowest BCUT2D eigenvalue weighted by Gasteiger charge is -2.11. The minimum Gasteiger partial charge on any atom is -0.493 e. The van der Waals surface area contributed by atoms with Crippen molar-refractivity contribution in [2.45, 2.75) is 6.54 Å². The van der Waals surface area contributed by atoms with Gasteiger partial charge in [-0.15, -0.1) is 0 Å². The number of rotatable bonds is 6. The lowest BCUT2D eigenvalue weighted by Crippen LogP contribution is -2.07. The van der Waals surface area contributed by atoms with Gasteiger partial charge in [-0.3, -0.25) is 0 Å². The largest absolute Gasteiger partial charge is 0.493 e. The van der Waals surface area contributed by atoms with Gasteiger partial charge in [0.05, 0.1) is 26.1 Å². The molecule has 0 amide bonds. The Hall–Kier alpha value is -3.94. The smallest absolute Gasteiger partial charge is 0.224 e. The second-order valence-corrected chi connectivity index (χ2v) is 6.27. The molecule has 2 aromatic heterocycles. The molecule has 0 unspecified atom stereocenters. The van der Waals surface area contributed by atoms with Gasteiger partial charge in [0.15, 0.2) is 28.5 Å². The lowest BCUT2D eigenvalue weighted by atomic mass is 10.1. The summed E-state index contributed by atoms with van der Waals surface area (Å²) in [6.07, 6.45) is 1.68. The van der Waals surface area contributed by atoms with Gasteiger partial charge in [0.25, 0.3) is 0 Å². The van der Waals surface area contributed by atoms with E-state index < -0.39 is 0 Å². The van der Waals surface area contributed by atoms with E-state index in [4.69, 9.17) is 15.2 Å². The van der Waals surface area contributed by atoms with Crippen LogP contribution in [0.3, 0.4) is 0 Å². The first kappa shape index (κ1) is 18.4. The number of ether oxygens (including phenoxy) is 2. The van der Waals surface area contributed by atoms with Crippen molar-refractivity contribution < 1.29 is 9.47 Å². The molecule has 0 aliphatic carbocycles. The maximum atomic E-state index is 5.90. The zero-order valence-electron chi connectivity index (χ0n) is 16.1. The van der Waals surface area contributed by atoms with Crippen LogP contribution in [0.4, 0.5) is 11.8 Å². The molecule has 29 heavy (non-hydrogen) atoms. The molecule has 0 fully saturated rings. The van der Waals surface area contributed by atoms with Gasteiger partial charge < -0.3 is 20.5 Å². The molecule has 8 nitrogen and oxygen atoms in total. The molecular weight excluding hydrogens is 368 g/mol. The molecule has 0 saturated carbocycles. The van der Waals surface area contributed by atoms with Crippen LogP contribution in [0.5, 0.6) is 11.5 Å². The highest BCUT2D eigenvalue weighted by Gasteiger charge is 2.13. The molecule has 0 radical (unpaired) electrons. The maximum absolute atomic E-state index is 5.90. The van der Waals surface area contributed by atoms with Gasteiger partial charge in [0.2, 0.25) is 5.95 Å². The van der Waals surface area contributed by atoms with Crippen molar-refractivity contribution in [3.63, 3.8) is 0 Å². The summed E-state index contributed by atoms with van der Waals surface area (Å²) < 4.78 is 10.7. The molecule has 0 atom stereocenters. The Morgan fingerprint density at radius 3 is 2.48 bits per heavy atom. The normalized spacial score (nSPS) is 10.7. The summed E-state index contributed by atoms with van der Waals surface area (Å²) in [6, 6.07) is 15.5. The first-order valence-electron chi connectivity index (χ1n) is 8.98. The highest BCUT2D eigenvalue weighted by atomic mass is 16.5. The number of benzene rings is 2. The van der Waals surface area contributed by atoms with Gasteiger partial charge in [0.1, 0.15) is 0 Å². The van der Waals surface area contributed by atoms with Gasteiger partial charge in [0, 0.05) is 12.1 Å². The molecule has 0 aliphatic heterocycles. The van der Waals surface area contributed by atoms with Gasteiger partial charge in [-0.1, -0.05) is 30.3 Å². The first-order chi connectivity index (χ1) is 14.2. The van der Waals surface area contributed by atoms with Gasteiger partial charge >= 0.3 is 0 Å². The third-order valence-corrected chi connectivity index (χ3v) is 4.41. The number of anilines is 2. The summed E-state index contributed by atoms with van der Waals surface area (Å²) in [6.45, 7) is 0.589. The quantitative estimate of drug-likeness (QED) is 0.518. The van der Waals surface area contributed by atoms with Crippen molar-refractivity contribution >= 4 is 22.9 Å². The summed E-state index contributed by atoms with van der Waals surface area (Å²) in [5.74, 6) is 1.93. The molecule has 4 rings (SSSR count). The van der Waals surface area contributed by atoms with E-state index in [-0.39, 0.29) is 5.95 Å². The van der Waals surface area contributed by atoms with Crippen LogP contribution >= 0.6 is 0 Å². The number of nitrogens with two attached hydrogens (primary N) is 1. The van der Waals surface area contributed by atoms with Gasteiger partial charge in [-0.25, -0.2) is 9.97 Å². The number of hydrogen-bond acceptors (Lipinski definition) is 8. The topological polar surface area (TPSA) is 108 Å². The monoisotopic (exact) mass is 388 g/mol. The van der Waals surface area contributed by atoms with E-state index in [1.165, 1.54) is 0 Å². The van der Waals surface area contributed by atoms with Crippen LogP contribution in [0.2, 0.25) is 0 Å². The summed E-state index contributed by atoms with van der Waals surface area (Å²) in [4.78, 5) is 17.7. The van der Waals surface area contributed by atoms with Crippen molar-refractivity contribution in [2.24, 2.45) is 0 Å². The van der Waals surface area contributed by atoms with Gasteiger partial charge in [-0.2, -0.15) is 9.97 Å². The van der Waals surface area contributed by atoms with Crippen molar-refractivity contribution in [1.82, 2.24) is 19.9 Å². The van der Waals surface area contributed by atoms with Crippen molar-refractivity contribution in [2.75, 3.05) is 25.3 Å². The number of aromatic nitrogens is 4. The standard InChI is InChI=1S/C21H20N6O2/c1-28-16-9-8-14(10-17(16)29-2)15-12-23-18-19(26-21(22)27-20(18)25-15)24-11-13-6-4-3-5-7-13/h3-10,12H,11H2,1-2H3,(H3,22,24,25,26,27). The Morgan fingerprint density at radius 2 is 1.72 bits per heavy atom. The number of methoxy groups -OCH3 is 2. The summed E-state index contributed by atoms with van der Waals surface area (Å²) in [5, 5.41) is 3.27. The van der Waals surface area contributed by atoms with E-state index in [1.807, 2.05) is 48.5 Å². The average molecular weight is 388 g/mol. The fraction of sp³-hybridized carbons (Fsp3) is 0.143. The van der Waals surface area contributed by atoms with Crippen molar-refractivity contribution in [1.29, 1.82) is 0 Å². The van der Waals surface area contributed by atoms with Crippen LogP contribution in [-0.2, 0) is 6.54 Å². The molecule has 4 aromatic rings. The molecule has 0 spiro atoms. The van der Waals surface area contributed by atoms with E-state index in [0.717, 1.165) is 11.1 Å². The zero-order valence-corrected chi connectivity index (χ0v) is 16.1. The predicted molar refractivity (Wildman–Crippen MR) is 112 cm³/mol. The van der Waals surface area contributed by atoms with Gasteiger partial charge in [-0.05, 0) is 23.8 Å². The SMILES string of the molecule is COc1ccc(-c2cnc3c(NCc4ccccc4)nc(N)nc3n2)cc1OC.